The van der Waals surface area contributed by atoms with Crippen LogP contribution in [0.4, 0.5) is 6.01 Å². The van der Waals surface area contributed by atoms with Crippen molar-refractivity contribution >= 4 is 23.1 Å². The van der Waals surface area contributed by atoms with Crippen molar-refractivity contribution in [1.29, 1.82) is 0 Å². The van der Waals surface area contributed by atoms with E-state index in [-0.39, 0.29) is 43.1 Å². The van der Waals surface area contributed by atoms with Crippen LogP contribution in [-0.4, -0.2) is 33.7 Å². The second-order valence-corrected chi connectivity index (χ2v) is 3.84. The molecular weight excluding hydrogens is 268 g/mol. The summed E-state index contributed by atoms with van der Waals surface area (Å²) in [4.78, 5) is 30.1. The van der Waals surface area contributed by atoms with E-state index in [1.807, 2.05) is 0 Å². The largest absolute Gasteiger partial charge is 0.463 e. The fraction of sp³-hybridized carbons (Fsp3) is 0.455. The van der Waals surface area contributed by atoms with Crippen LogP contribution in [0.25, 0.3) is 11.2 Å². The first-order valence-corrected chi connectivity index (χ1v) is 5.96. The second kappa shape index (κ2) is 6.15. The van der Waals surface area contributed by atoms with Crippen molar-refractivity contribution in [3.8, 4) is 0 Å². The summed E-state index contributed by atoms with van der Waals surface area (Å²) in [5.41, 5.74) is 5.08. The van der Waals surface area contributed by atoms with Gasteiger partial charge in [0.1, 0.15) is 13.3 Å². The molecule has 0 atom stereocenters. The number of ether oxygens (including phenoxy) is 2. The molecule has 0 amide bonds. The summed E-state index contributed by atoms with van der Waals surface area (Å²) in [5, 5.41) is 0. The first kappa shape index (κ1) is 14.0. The van der Waals surface area contributed by atoms with Gasteiger partial charge in [0.25, 0.3) is 6.01 Å². The fourth-order valence-corrected chi connectivity index (χ4v) is 1.48. The van der Waals surface area contributed by atoms with Crippen molar-refractivity contribution in [3.05, 3.63) is 16.7 Å². The third-order valence-corrected chi connectivity index (χ3v) is 2.43. The Balaban J connectivity index is 1.94. The second-order valence-electron chi connectivity index (χ2n) is 3.84. The summed E-state index contributed by atoms with van der Waals surface area (Å²) in [5.74, 6) is -0.284. The van der Waals surface area contributed by atoms with Gasteiger partial charge in [-0.2, -0.15) is 4.98 Å². The normalized spacial score (nSPS) is 10.8. The van der Waals surface area contributed by atoms with E-state index >= 15 is 0 Å². The molecule has 0 aliphatic rings. The number of anilines is 1. The van der Waals surface area contributed by atoms with Crippen molar-refractivity contribution < 1.29 is 18.7 Å². The number of imidazole rings is 1. The monoisotopic (exact) mass is 282 g/mol. The molecule has 108 valence electrons. The molecule has 0 aromatic carbocycles. The highest BCUT2D eigenvalue weighted by Crippen LogP contribution is 2.07. The summed E-state index contributed by atoms with van der Waals surface area (Å²) < 4.78 is 16.3. The molecule has 0 aliphatic carbocycles. The van der Waals surface area contributed by atoms with Crippen LogP contribution in [-0.2, 0) is 21.0 Å². The van der Waals surface area contributed by atoms with Gasteiger partial charge < -0.3 is 19.6 Å². The number of nitrogens with zero attached hydrogens (tertiary/aromatic N) is 3. The number of carbonyl (C=O) groups excluding carboxylic acids is 1. The van der Waals surface area contributed by atoms with Gasteiger partial charge >= 0.3 is 11.6 Å². The highest BCUT2D eigenvalue weighted by Gasteiger charge is 2.10. The number of aromatic nitrogens is 3. The quantitative estimate of drug-likeness (QED) is 0.575. The molecule has 0 aliphatic heterocycles. The zero-order valence-corrected chi connectivity index (χ0v) is 10.9. The van der Waals surface area contributed by atoms with Crippen LogP contribution in [0.15, 0.2) is 15.5 Å². The first-order valence-electron chi connectivity index (χ1n) is 5.96. The zero-order chi connectivity index (χ0) is 14.5. The molecule has 0 radical (unpaired) electrons. The Kier molecular flexibility index (Phi) is 4.31. The van der Waals surface area contributed by atoms with Gasteiger partial charge in [-0.3, -0.25) is 9.36 Å². The van der Waals surface area contributed by atoms with Crippen LogP contribution in [0.2, 0.25) is 0 Å². The third kappa shape index (κ3) is 3.12. The Morgan fingerprint density at radius 3 is 3.05 bits per heavy atom. The van der Waals surface area contributed by atoms with Crippen molar-refractivity contribution in [3.63, 3.8) is 0 Å². The van der Waals surface area contributed by atoms with Gasteiger partial charge in [-0.15, -0.1) is 0 Å². The summed E-state index contributed by atoms with van der Waals surface area (Å²) >= 11 is 0. The molecule has 2 aromatic rings. The van der Waals surface area contributed by atoms with E-state index in [0.717, 1.165) is 0 Å². The standard InChI is InChI=1S/C11H14N4O5/c1-2-7(16)19-4-3-18-6-15-5-13-8-9(15)14-11(12)20-10(8)17/h5H,2-4,6H2,1H3,(H2,12,14). The molecule has 0 bridgehead atoms. The number of fused-ring (bicyclic) bond motifs is 1. The Hall–Kier alpha value is -2.42. The van der Waals surface area contributed by atoms with Gasteiger partial charge in [0.05, 0.1) is 12.9 Å². The molecule has 0 saturated carbocycles. The Morgan fingerprint density at radius 1 is 1.50 bits per heavy atom. The zero-order valence-electron chi connectivity index (χ0n) is 10.9. The minimum absolute atomic E-state index is 0.0835. The highest BCUT2D eigenvalue weighted by atomic mass is 16.6. The molecule has 0 fully saturated rings. The topological polar surface area (TPSA) is 122 Å². The van der Waals surface area contributed by atoms with E-state index in [1.54, 1.807) is 6.92 Å². The first-order chi connectivity index (χ1) is 9.61. The average molecular weight is 282 g/mol. The van der Waals surface area contributed by atoms with Crippen LogP contribution in [0.3, 0.4) is 0 Å². The molecule has 20 heavy (non-hydrogen) atoms. The highest BCUT2D eigenvalue weighted by molar-refractivity contribution is 5.69. The number of hydrogen-bond acceptors (Lipinski definition) is 8. The van der Waals surface area contributed by atoms with E-state index in [2.05, 4.69) is 14.4 Å². The summed E-state index contributed by atoms with van der Waals surface area (Å²) in [7, 11) is 0. The maximum atomic E-state index is 11.4. The predicted molar refractivity (Wildman–Crippen MR) is 67.7 cm³/mol. The van der Waals surface area contributed by atoms with Crippen LogP contribution < -0.4 is 11.4 Å². The van der Waals surface area contributed by atoms with E-state index in [1.165, 1.54) is 10.9 Å². The Bertz CT molecular complexity index is 662. The molecule has 2 aromatic heterocycles. The molecule has 0 unspecified atom stereocenters. The molecule has 0 spiro atoms. The molecule has 9 nitrogen and oxygen atoms in total. The lowest BCUT2D eigenvalue weighted by molar-refractivity contribution is -0.145. The number of esters is 1. The summed E-state index contributed by atoms with van der Waals surface area (Å²) in [6, 6.07) is -0.235. The van der Waals surface area contributed by atoms with Gasteiger partial charge in [-0.25, -0.2) is 9.78 Å². The molecular formula is C11H14N4O5. The molecule has 2 rings (SSSR count). The molecule has 0 saturated heterocycles. The number of hydrogen-bond donors (Lipinski definition) is 1. The van der Waals surface area contributed by atoms with Crippen LogP contribution >= 0.6 is 0 Å². The van der Waals surface area contributed by atoms with E-state index in [9.17, 15) is 9.59 Å². The van der Waals surface area contributed by atoms with Crippen LogP contribution in [0.5, 0.6) is 0 Å². The van der Waals surface area contributed by atoms with Gasteiger partial charge in [0.15, 0.2) is 11.2 Å². The van der Waals surface area contributed by atoms with E-state index < -0.39 is 5.63 Å². The fourth-order valence-electron chi connectivity index (χ4n) is 1.48. The molecule has 2 heterocycles. The number of carbonyl (C=O) groups is 1. The van der Waals surface area contributed by atoms with Crippen LogP contribution in [0.1, 0.15) is 13.3 Å². The summed E-state index contributed by atoms with van der Waals surface area (Å²) in [6.07, 6.45) is 1.72. The maximum Gasteiger partial charge on any atom is 0.368 e. The number of nitrogens with two attached hydrogens (primary N) is 1. The van der Waals surface area contributed by atoms with Crippen molar-refractivity contribution in [2.24, 2.45) is 0 Å². The smallest absolute Gasteiger partial charge is 0.368 e. The number of nitrogen functional groups attached to an aromatic ring is 1. The minimum Gasteiger partial charge on any atom is -0.463 e. The van der Waals surface area contributed by atoms with Gasteiger partial charge in [-0.1, -0.05) is 6.92 Å². The minimum atomic E-state index is -0.650. The van der Waals surface area contributed by atoms with E-state index in [0.29, 0.717) is 6.42 Å². The molecule has 2 N–H and O–H groups in total. The number of rotatable bonds is 6. The predicted octanol–water partition coefficient (Wildman–Crippen LogP) is -0.106. The molecule has 9 heteroatoms. The SMILES string of the molecule is CCC(=O)OCCOCn1cnc2c(=O)oc(N)nc21. The van der Waals surface area contributed by atoms with Crippen molar-refractivity contribution in [1.82, 2.24) is 14.5 Å². The lowest BCUT2D eigenvalue weighted by Crippen LogP contribution is -2.12. The van der Waals surface area contributed by atoms with Crippen molar-refractivity contribution in [2.75, 3.05) is 18.9 Å². The lowest BCUT2D eigenvalue weighted by Gasteiger charge is -2.06. The van der Waals surface area contributed by atoms with Crippen LogP contribution in [0, 0.1) is 0 Å². The Labute approximate surface area is 113 Å². The van der Waals surface area contributed by atoms with Gasteiger partial charge in [0, 0.05) is 6.42 Å². The van der Waals surface area contributed by atoms with Crippen molar-refractivity contribution in [2.45, 2.75) is 20.1 Å². The Morgan fingerprint density at radius 2 is 2.30 bits per heavy atom. The maximum absolute atomic E-state index is 11.4. The average Bonchev–Trinajstić information content (AvgIpc) is 2.81. The summed E-state index contributed by atoms with van der Waals surface area (Å²) in [6.45, 7) is 2.21. The van der Waals surface area contributed by atoms with Gasteiger partial charge in [0.2, 0.25) is 0 Å². The third-order valence-electron chi connectivity index (χ3n) is 2.43. The van der Waals surface area contributed by atoms with Gasteiger partial charge in [-0.05, 0) is 0 Å². The lowest BCUT2D eigenvalue weighted by atomic mass is 10.5. The van der Waals surface area contributed by atoms with E-state index in [4.69, 9.17) is 15.2 Å².